The average Bonchev–Trinajstić information content (AvgIpc) is 3.51. The Hall–Kier alpha value is -4.83. The van der Waals surface area contributed by atoms with Gasteiger partial charge in [0.25, 0.3) is 17.7 Å². The van der Waals surface area contributed by atoms with Gasteiger partial charge in [-0.05, 0) is 85.7 Å². The fraction of sp³-hybridized carbons (Fsp3) is 0.385. The van der Waals surface area contributed by atoms with Gasteiger partial charge in [0.05, 0.1) is 29.5 Å². The monoisotopic (exact) mass is 667 g/mol. The van der Waals surface area contributed by atoms with Crippen LogP contribution in [0.15, 0.2) is 66.7 Å². The number of hydrogen-bond acceptors (Lipinski definition) is 5. The topological polar surface area (TPSA) is 108 Å². The summed E-state index contributed by atoms with van der Waals surface area (Å²) in [5.41, 5.74) is 4.82. The summed E-state index contributed by atoms with van der Waals surface area (Å²) >= 11 is 0. The molecule has 0 fully saturated rings. The maximum absolute atomic E-state index is 15.2. The minimum Gasteiger partial charge on any atom is -0.394 e. The van der Waals surface area contributed by atoms with E-state index in [-0.39, 0.29) is 24.0 Å². The normalized spacial score (nSPS) is 14.0. The highest BCUT2D eigenvalue weighted by atomic mass is 19.1. The van der Waals surface area contributed by atoms with Gasteiger partial charge < -0.3 is 20.2 Å². The number of aryl methyl sites for hydroxylation is 1. The van der Waals surface area contributed by atoms with E-state index in [1.165, 1.54) is 12.1 Å². The molecule has 1 aliphatic rings. The molecule has 10 heteroatoms. The lowest BCUT2D eigenvalue weighted by Crippen LogP contribution is -2.46. The molecule has 0 radical (unpaired) electrons. The van der Waals surface area contributed by atoms with Crippen LogP contribution in [-0.4, -0.2) is 74.7 Å². The molecule has 1 aromatic heterocycles. The third-order valence-corrected chi connectivity index (χ3v) is 9.12. The van der Waals surface area contributed by atoms with Gasteiger partial charge in [0.15, 0.2) is 5.69 Å². The quantitative estimate of drug-likeness (QED) is 0.173. The zero-order valence-electron chi connectivity index (χ0n) is 28.8. The van der Waals surface area contributed by atoms with Crippen molar-refractivity contribution in [2.24, 2.45) is 0 Å². The number of benzene rings is 3. The molecule has 1 atom stereocenters. The molecular weight excluding hydrogens is 621 g/mol. The van der Waals surface area contributed by atoms with Gasteiger partial charge in [0.1, 0.15) is 5.82 Å². The highest BCUT2D eigenvalue weighted by molar-refractivity contribution is 6.00. The van der Waals surface area contributed by atoms with Gasteiger partial charge in [-0.15, -0.1) is 0 Å². The summed E-state index contributed by atoms with van der Waals surface area (Å²) in [6.07, 6.45) is 4.23. The number of aliphatic hydroxyl groups excluding tert-OH is 1. The summed E-state index contributed by atoms with van der Waals surface area (Å²) in [5.74, 6) is -1.64. The minimum atomic E-state index is -0.671. The zero-order valence-corrected chi connectivity index (χ0v) is 28.8. The minimum absolute atomic E-state index is 0.0624. The predicted molar refractivity (Wildman–Crippen MR) is 188 cm³/mol. The molecule has 2 heterocycles. The Bertz CT molecular complexity index is 1810. The highest BCUT2D eigenvalue weighted by Crippen LogP contribution is 2.31. The van der Waals surface area contributed by atoms with E-state index < -0.39 is 17.8 Å². The van der Waals surface area contributed by atoms with E-state index in [0.717, 1.165) is 36.8 Å². The van der Waals surface area contributed by atoms with Gasteiger partial charge in [-0.1, -0.05) is 63.1 Å². The maximum Gasteiger partial charge on any atom is 0.274 e. The van der Waals surface area contributed by atoms with Crippen LogP contribution in [0, 0.1) is 12.7 Å². The lowest BCUT2D eigenvalue weighted by atomic mass is 9.93. The molecule has 0 bridgehead atoms. The molecule has 0 unspecified atom stereocenters. The Morgan fingerprint density at radius 1 is 0.918 bits per heavy atom. The second-order valence-corrected chi connectivity index (χ2v) is 12.6. The van der Waals surface area contributed by atoms with Crippen molar-refractivity contribution in [1.82, 2.24) is 24.9 Å². The van der Waals surface area contributed by atoms with Crippen LogP contribution < -0.4 is 5.32 Å². The van der Waals surface area contributed by atoms with E-state index in [2.05, 4.69) is 19.2 Å². The van der Waals surface area contributed by atoms with E-state index in [9.17, 15) is 19.5 Å². The third-order valence-electron chi connectivity index (χ3n) is 9.12. The van der Waals surface area contributed by atoms with Gasteiger partial charge in [-0.2, -0.15) is 5.10 Å². The molecular formula is C39H46FN5O4. The van der Waals surface area contributed by atoms with Crippen LogP contribution in [-0.2, 0) is 13.0 Å². The number of amides is 3. The van der Waals surface area contributed by atoms with Crippen molar-refractivity contribution >= 4 is 17.7 Å². The molecule has 5 rings (SSSR count). The van der Waals surface area contributed by atoms with Crippen molar-refractivity contribution in [3.8, 4) is 16.8 Å². The third kappa shape index (κ3) is 7.75. The molecule has 0 saturated carbocycles. The molecule has 3 amide bonds. The summed E-state index contributed by atoms with van der Waals surface area (Å²) < 4.78 is 16.8. The van der Waals surface area contributed by atoms with E-state index >= 15 is 4.39 Å². The summed E-state index contributed by atoms with van der Waals surface area (Å²) in [7, 11) is 0. The van der Waals surface area contributed by atoms with Crippen LogP contribution in [0.25, 0.3) is 16.8 Å². The SMILES string of the molecule is CCCCN(CCCC)C(=O)c1cc(C)n(-c2ccc(-c3ccc(C(=O)NCC)c(F)c3)cc2C(=O)N2Cc3ccccc3C[C@H]2CO)n1. The van der Waals surface area contributed by atoms with Crippen molar-refractivity contribution < 1.29 is 23.9 Å². The lowest BCUT2D eigenvalue weighted by Gasteiger charge is -2.36. The molecule has 4 aromatic rings. The van der Waals surface area contributed by atoms with Gasteiger partial charge >= 0.3 is 0 Å². The first-order valence-corrected chi connectivity index (χ1v) is 17.3. The fourth-order valence-electron chi connectivity index (χ4n) is 6.35. The molecule has 1 aliphatic heterocycles. The Morgan fingerprint density at radius 3 is 2.24 bits per heavy atom. The molecule has 2 N–H and O–H groups in total. The second kappa shape index (κ2) is 16.0. The van der Waals surface area contributed by atoms with Crippen LogP contribution in [0.3, 0.4) is 0 Å². The summed E-state index contributed by atoms with van der Waals surface area (Å²) in [4.78, 5) is 44.2. The number of fused-ring (bicyclic) bond motifs is 1. The van der Waals surface area contributed by atoms with Crippen LogP contribution in [0.1, 0.15) is 94.5 Å². The van der Waals surface area contributed by atoms with Crippen molar-refractivity contribution in [3.63, 3.8) is 0 Å². The standard InChI is InChI=1S/C39H46FN5O4/c1-5-8-18-43(19-9-6-2)39(49)35-20-26(4)45(42-35)36-17-15-28(29-14-16-32(34(40)23-29)37(47)41-7-3)22-33(36)38(48)44-24-30-13-11-10-12-27(30)21-31(44)25-46/h10-17,20,22-23,31,46H,5-9,18-19,21,24-25H2,1-4H3,(H,41,47)/t31-/m0/s1. The first kappa shape index (κ1) is 35.5. The smallest absolute Gasteiger partial charge is 0.274 e. The molecule has 49 heavy (non-hydrogen) atoms. The number of aliphatic hydroxyl groups is 1. The second-order valence-electron chi connectivity index (χ2n) is 12.6. The lowest BCUT2D eigenvalue weighted by molar-refractivity contribution is 0.0544. The Labute approximate surface area is 287 Å². The number of rotatable bonds is 13. The van der Waals surface area contributed by atoms with E-state index in [4.69, 9.17) is 5.10 Å². The summed E-state index contributed by atoms with van der Waals surface area (Å²) in [6.45, 7) is 9.56. The first-order chi connectivity index (χ1) is 23.7. The van der Waals surface area contributed by atoms with Crippen molar-refractivity contribution in [3.05, 3.63) is 106 Å². The average molecular weight is 668 g/mol. The molecule has 0 saturated heterocycles. The number of halogens is 1. The zero-order chi connectivity index (χ0) is 35.1. The number of aromatic nitrogens is 2. The van der Waals surface area contributed by atoms with Crippen LogP contribution in [0.5, 0.6) is 0 Å². The van der Waals surface area contributed by atoms with Crippen molar-refractivity contribution in [1.29, 1.82) is 0 Å². The molecule has 258 valence electrons. The number of carbonyl (C=O) groups is 3. The van der Waals surface area contributed by atoms with Crippen LogP contribution >= 0.6 is 0 Å². The maximum atomic E-state index is 15.2. The van der Waals surface area contributed by atoms with E-state index in [0.29, 0.717) is 66.4 Å². The fourth-order valence-corrected chi connectivity index (χ4v) is 6.35. The highest BCUT2D eigenvalue weighted by Gasteiger charge is 2.32. The summed E-state index contributed by atoms with van der Waals surface area (Å²) in [6, 6.07) is 18.8. The largest absolute Gasteiger partial charge is 0.394 e. The van der Waals surface area contributed by atoms with Gasteiger partial charge in [0, 0.05) is 31.9 Å². The molecule has 9 nitrogen and oxygen atoms in total. The van der Waals surface area contributed by atoms with Gasteiger partial charge in [0.2, 0.25) is 0 Å². The van der Waals surface area contributed by atoms with Crippen LogP contribution in [0.4, 0.5) is 4.39 Å². The molecule has 3 aromatic carbocycles. The van der Waals surface area contributed by atoms with Gasteiger partial charge in [-0.3, -0.25) is 14.4 Å². The number of nitrogens with zero attached hydrogens (tertiary/aromatic N) is 4. The van der Waals surface area contributed by atoms with Crippen LogP contribution in [0.2, 0.25) is 0 Å². The number of hydrogen-bond donors (Lipinski definition) is 2. The number of unbranched alkanes of at least 4 members (excludes halogenated alkanes) is 2. The Morgan fingerprint density at radius 2 is 1.59 bits per heavy atom. The van der Waals surface area contributed by atoms with Crippen molar-refractivity contribution in [2.45, 2.75) is 72.4 Å². The first-order valence-electron chi connectivity index (χ1n) is 17.3. The molecule has 0 aliphatic carbocycles. The molecule has 0 spiro atoms. The Balaban J connectivity index is 1.59. The van der Waals surface area contributed by atoms with E-state index in [1.54, 1.807) is 46.8 Å². The Kier molecular flexibility index (Phi) is 11.6. The number of carbonyl (C=O) groups excluding carboxylic acids is 3. The van der Waals surface area contributed by atoms with Gasteiger partial charge in [-0.25, -0.2) is 9.07 Å². The van der Waals surface area contributed by atoms with E-state index in [1.807, 2.05) is 36.1 Å². The predicted octanol–water partition coefficient (Wildman–Crippen LogP) is 6.34. The number of nitrogens with one attached hydrogen (secondary N) is 1. The van der Waals surface area contributed by atoms with Crippen molar-refractivity contribution in [2.75, 3.05) is 26.2 Å². The summed E-state index contributed by atoms with van der Waals surface area (Å²) in [5, 5.41) is 17.8.